The number of halogens is 2. The molecule has 0 amide bonds. The molecule has 0 aliphatic rings. The smallest absolute Gasteiger partial charge is 0.204 e. The normalized spacial score (nSPS) is 11.1. The van der Waals surface area contributed by atoms with Crippen LogP contribution in [0, 0.1) is 12.7 Å². The number of fused-ring (bicyclic) bond motifs is 1. The molecule has 3 rings (SSSR count). The van der Waals surface area contributed by atoms with Crippen LogP contribution in [0.4, 0.5) is 4.39 Å². The van der Waals surface area contributed by atoms with Crippen LogP contribution in [0.2, 0.25) is 5.28 Å². The van der Waals surface area contributed by atoms with E-state index in [1.807, 2.05) is 6.92 Å². The molecule has 1 aromatic carbocycles. The van der Waals surface area contributed by atoms with Gasteiger partial charge in [0.1, 0.15) is 11.6 Å². The molecule has 6 heteroatoms. The van der Waals surface area contributed by atoms with E-state index in [9.17, 15) is 4.39 Å². The Morgan fingerprint density at radius 1 is 1.26 bits per heavy atom. The minimum absolute atomic E-state index is 0.296. The maximum Gasteiger partial charge on any atom is 0.204 e. The SMILES string of the molecule is Cc1cnc(Cn2c(Cl)nc3ccc(F)cc32)nc1. The monoisotopic (exact) mass is 276 g/mol. The second-order valence-electron chi connectivity index (χ2n) is 4.28. The van der Waals surface area contributed by atoms with Crippen molar-refractivity contribution in [1.29, 1.82) is 0 Å². The van der Waals surface area contributed by atoms with Crippen molar-refractivity contribution < 1.29 is 4.39 Å². The molecular formula is C13H10ClFN4. The van der Waals surface area contributed by atoms with Gasteiger partial charge in [0.05, 0.1) is 17.6 Å². The van der Waals surface area contributed by atoms with E-state index in [-0.39, 0.29) is 5.82 Å². The van der Waals surface area contributed by atoms with Crippen LogP contribution in [0.5, 0.6) is 0 Å². The highest BCUT2D eigenvalue weighted by Crippen LogP contribution is 2.21. The van der Waals surface area contributed by atoms with Crippen molar-refractivity contribution in [2.24, 2.45) is 0 Å². The second kappa shape index (κ2) is 4.59. The van der Waals surface area contributed by atoms with Gasteiger partial charge in [-0.1, -0.05) is 0 Å². The van der Waals surface area contributed by atoms with Crippen molar-refractivity contribution >= 4 is 22.6 Å². The minimum Gasteiger partial charge on any atom is -0.307 e. The van der Waals surface area contributed by atoms with Crippen LogP contribution in [0.1, 0.15) is 11.4 Å². The van der Waals surface area contributed by atoms with Gasteiger partial charge in [-0.2, -0.15) is 0 Å². The third-order valence-electron chi connectivity index (χ3n) is 2.80. The molecule has 2 aromatic heterocycles. The lowest BCUT2D eigenvalue weighted by atomic mass is 10.3. The Labute approximate surface area is 113 Å². The Kier molecular flexibility index (Phi) is 2.91. The van der Waals surface area contributed by atoms with Crippen molar-refractivity contribution in [3.63, 3.8) is 0 Å². The number of rotatable bonds is 2. The Morgan fingerprint density at radius 3 is 2.74 bits per heavy atom. The zero-order valence-electron chi connectivity index (χ0n) is 10.1. The lowest BCUT2D eigenvalue weighted by Crippen LogP contribution is -2.04. The average molecular weight is 277 g/mol. The molecule has 3 aromatic rings. The van der Waals surface area contributed by atoms with Crippen LogP contribution in [0.3, 0.4) is 0 Å². The highest BCUT2D eigenvalue weighted by Gasteiger charge is 2.11. The Bertz CT molecular complexity index is 736. The molecule has 96 valence electrons. The molecule has 0 unspecified atom stereocenters. The number of benzene rings is 1. The first-order valence-electron chi connectivity index (χ1n) is 5.72. The van der Waals surface area contributed by atoms with E-state index in [1.54, 1.807) is 23.0 Å². The molecule has 2 heterocycles. The highest BCUT2D eigenvalue weighted by molar-refractivity contribution is 6.29. The third-order valence-corrected chi connectivity index (χ3v) is 3.09. The molecule has 0 fully saturated rings. The van der Waals surface area contributed by atoms with Crippen LogP contribution in [-0.2, 0) is 6.54 Å². The van der Waals surface area contributed by atoms with Gasteiger partial charge in [-0.15, -0.1) is 0 Å². The predicted molar refractivity (Wildman–Crippen MR) is 70.6 cm³/mol. The lowest BCUT2D eigenvalue weighted by molar-refractivity contribution is 0.628. The fraction of sp³-hybridized carbons (Fsp3) is 0.154. The molecule has 0 aliphatic carbocycles. The van der Waals surface area contributed by atoms with Gasteiger partial charge < -0.3 is 4.57 Å². The van der Waals surface area contributed by atoms with Crippen LogP contribution in [0.15, 0.2) is 30.6 Å². The maximum absolute atomic E-state index is 13.3. The average Bonchev–Trinajstić information content (AvgIpc) is 2.69. The number of nitrogens with zero attached hydrogens (tertiary/aromatic N) is 4. The van der Waals surface area contributed by atoms with Gasteiger partial charge in [-0.05, 0) is 42.3 Å². The first-order chi connectivity index (χ1) is 9.13. The molecular weight excluding hydrogens is 267 g/mol. The van der Waals surface area contributed by atoms with E-state index in [2.05, 4.69) is 15.0 Å². The molecule has 0 aliphatic heterocycles. The fourth-order valence-corrected chi connectivity index (χ4v) is 2.10. The molecule has 19 heavy (non-hydrogen) atoms. The van der Waals surface area contributed by atoms with Crippen LogP contribution in [-0.4, -0.2) is 19.5 Å². The van der Waals surface area contributed by atoms with E-state index >= 15 is 0 Å². The summed E-state index contributed by atoms with van der Waals surface area (Å²) in [5.41, 5.74) is 2.27. The fourth-order valence-electron chi connectivity index (χ4n) is 1.86. The number of aromatic nitrogens is 4. The molecule has 0 atom stereocenters. The van der Waals surface area contributed by atoms with Gasteiger partial charge in [0.25, 0.3) is 0 Å². The number of hydrogen-bond donors (Lipinski definition) is 0. The largest absolute Gasteiger partial charge is 0.307 e. The lowest BCUT2D eigenvalue weighted by Gasteiger charge is -2.04. The summed E-state index contributed by atoms with van der Waals surface area (Å²) < 4.78 is 15.0. The van der Waals surface area contributed by atoms with Crippen molar-refractivity contribution in [3.05, 3.63) is 53.1 Å². The van der Waals surface area contributed by atoms with E-state index in [0.717, 1.165) is 5.56 Å². The first-order valence-corrected chi connectivity index (χ1v) is 6.10. The van der Waals surface area contributed by atoms with Gasteiger partial charge in [-0.25, -0.2) is 19.3 Å². The topological polar surface area (TPSA) is 43.6 Å². The quantitative estimate of drug-likeness (QED) is 0.723. The molecule has 0 saturated heterocycles. The van der Waals surface area contributed by atoms with Gasteiger partial charge in [0.2, 0.25) is 5.28 Å². The number of imidazole rings is 1. The zero-order chi connectivity index (χ0) is 13.4. The van der Waals surface area contributed by atoms with Crippen molar-refractivity contribution in [2.45, 2.75) is 13.5 Å². The summed E-state index contributed by atoms with van der Waals surface area (Å²) >= 11 is 6.07. The summed E-state index contributed by atoms with van der Waals surface area (Å²) in [6.07, 6.45) is 3.46. The van der Waals surface area contributed by atoms with Gasteiger partial charge in [0, 0.05) is 12.4 Å². The van der Waals surface area contributed by atoms with E-state index in [4.69, 9.17) is 11.6 Å². The summed E-state index contributed by atoms with van der Waals surface area (Å²) in [5.74, 6) is 0.284. The Balaban J connectivity index is 2.06. The summed E-state index contributed by atoms with van der Waals surface area (Å²) in [6, 6.07) is 4.36. The maximum atomic E-state index is 13.3. The van der Waals surface area contributed by atoms with Crippen LogP contribution >= 0.6 is 11.6 Å². The molecule has 0 saturated carbocycles. The molecule has 0 spiro atoms. The number of aryl methyl sites for hydroxylation is 1. The van der Waals surface area contributed by atoms with Gasteiger partial charge >= 0.3 is 0 Å². The third kappa shape index (κ3) is 2.29. The highest BCUT2D eigenvalue weighted by atomic mass is 35.5. The van der Waals surface area contributed by atoms with Crippen molar-refractivity contribution in [2.75, 3.05) is 0 Å². The van der Waals surface area contributed by atoms with E-state index in [1.165, 1.54) is 12.1 Å². The summed E-state index contributed by atoms with van der Waals surface area (Å²) in [7, 11) is 0. The van der Waals surface area contributed by atoms with Gasteiger partial charge in [0.15, 0.2) is 0 Å². The van der Waals surface area contributed by atoms with Crippen LogP contribution < -0.4 is 0 Å². The standard InChI is InChI=1S/C13H10ClFN4/c1-8-5-16-12(17-6-8)7-19-11-4-9(15)2-3-10(11)18-13(19)14/h2-6H,7H2,1H3. The van der Waals surface area contributed by atoms with Gasteiger partial charge in [-0.3, -0.25) is 0 Å². The van der Waals surface area contributed by atoms with E-state index in [0.29, 0.717) is 28.7 Å². The molecule has 4 nitrogen and oxygen atoms in total. The molecule has 0 radical (unpaired) electrons. The number of hydrogen-bond acceptors (Lipinski definition) is 3. The Morgan fingerprint density at radius 2 is 2.00 bits per heavy atom. The predicted octanol–water partition coefficient (Wildman–Crippen LogP) is 2.98. The zero-order valence-corrected chi connectivity index (χ0v) is 10.9. The Hall–Kier alpha value is -2.01. The van der Waals surface area contributed by atoms with E-state index < -0.39 is 0 Å². The first kappa shape index (κ1) is 12.0. The minimum atomic E-state index is -0.324. The van der Waals surface area contributed by atoms with Crippen LogP contribution in [0.25, 0.3) is 11.0 Å². The van der Waals surface area contributed by atoms with Crippen molar-refractivity contribution in [3.8, 4) is 0 Å². The van der Waals surface area contributed by atoms with Crippen molar-refractivity contribution in [1.82, 2.24) is 19.5 Å². The molecule has 0 N–H and O–H groups in total. The molecule has 0 bridgehead atoms. The summed E-state index contributed by atoms with van der Waals surface area (Å²) in [5, 5.41) is 0.296. The summed E-state index contributed by atoms with van der Waals surface area (Å²) in [4.78, 5) is 12.6. The summed E-state index contributed by atoms with van der Waals surface area (Å²) in [6.45, 7) is 2.28. The second-order valence-corrected chi connectivity index (χ2v) is 4.61.